The van der Waals surface area contributed by atoms with Gasteiger partial charge in [0, 0.05) is 18.7 Å². The molecule has 1 aromatic rings. The Labute approximate surface area is 83.3 Å². The largest absolute Gasteiger partial charge is 0.396 e. The fourth-order valence-corrected chi connectivity index (χ4v) is 1.000. The predicted octanol–water partition coefficient (Wildman–Crippen LogP) is 0.237. The number of nitrogens with two attached hydrogens (primary N) is 1. The van der Waals surface area contributed by atoms with Crippen LogP contribution in [0.4, 0.5) is 5.69 Å². The molecule has 0 aliphatic heterocycles. The number of anilines is 1. The van der Waals surface area contributed by atoms with Crippen molar-refractivity contribution >= 4 is 11.6 Å². The molecule has 0 saturated carbocycles. The zero-order valence-electron chi connectivity index (χ0n) is 8.53. The molecule has 0 fully saturated rings. The average Bonchev–Trinajstić information content (AvgIpc) is 2.51. The van der Waals surface area contributed by atoms with Gasteiger partial charge in [0.05, 0.1) is 18.4 Å². The van der Waals surface area contributed by atoms with Crippen LogP contribution < -0.4 is 11.1 Å². The van der Waals surface area contributed by atoms with E-state index in [4.69, 9.17) is 5.73 Å². The van der Waals surface area contributed by atoms with Gasteiger partial charge in [-0.1, -0.05) is 13.8 Å². The predicted molar refractivity (Wildman–Crippen MR) is 54.5 cm³/mol. The highest BCUT2D eigenvalue weighted by Gasteiger charge is 2.04. The summed E-state index contributed by atoms with van der Waals surface area (Å²) < 4.78 is 1.70. The molecule has 0 aliphatic carbocycles. The number of nitrogen functional groups attached to an aromatic ring is 1. The van der Waals surface area contributed by atoms with E-state index in [1.807, 2.05) is 13.8 Å². The van der Waals surface area contributed by atoms with Crippen molar-refractivity contribution in [1.82, 2.24) is 15.1 Å². The molecule has 0 aromatic carbocycles. The van der Waals surface area contributed by atoms with Crippen LogP contribution in [0.25, 0.3) is 0 Å². The molecular weight excluding hydrogens is 180 g/mol. The van der Waals surface area contributed by atoms with Gasteiger partial charge >= 0.3 is 0 Å². The van der Waals surface area contributed by atoms with Gasteiger partial charge in [-0.3, -0.25) is 9.48 Å². The lowest BCUT2D eigenvalue weighted by Crippen LogP contribution is -2.30. The minimum atomic E-state index is 0.0256. The Hall–Kier alpha value is -1.52. The lowest BCUT2D eigenvalue weighted by atomic mass is 10.2. The van der Waals surface area contributed by atoms with Crippen LogP contribution in [0, 0.1) is 5.92 Å². The first-order chi connectivity index (χ1) is 6.59. The van der Waals surface area contributed by atoms with Crippen LogP contribution in [0.3, 0.4) is 0 Å². The van der Waals surface area contributed by atoms with Crippen LogP contribution in [0.5, 0.6) is 0 Å². The van der Waals surface area contributed by atoms with Crippen LogP contribution in [0.15, 0.2) is 12.4 Å². The molecule has 0 bridgehead atoms. The molecule has 1 rings (SSSR count). The van der Waals surface area contributed by atoms with Crippen LogP contribution in [-0.4, -0.2) is 22.2 Å². The van der Waals surface area contributed by atoms with E-state index in [0.29, 0.717) is 18.8 Å². The van der Waals surface area contributed by atoms with E-state index in [-0.39, 0.29) is 11.8 Å². The first-order valence-electron chi connectivity index (χ1n) is 4.65. The average molecular weight is 196 g/mol. The van der Waals surface area contributed by atoms with E-state index in [0.717, 1.165) is 0 Å². The second-order valence-electron chi connectivity index (χ2n) is 3.48. The first kappa shape index (κ1) is 10.6. The maximum Gasteiger partial charge on any atom is 0.222 e. The highest BCUT2D eigenvalue weighted by molar-refractivity contribution is 5.77. The van der Waals surface area contributed by atoms with Crippen LogP contribution >= 0.6 is 0 Å². The number of carbonyl (C=O) groups is 1. The van der Waals surface area contributed by atoms with Crippen molar-refractivity contribution in [2.45, 2.75) is 20.4 Å². The second kappa shape index (κ2) is 4.64. The molecule has 1 aromatic heterocycles. The molecule has 0 aliphatic rings. The Kier molecular flexibility index (Phi) is 3.50. The molecule has 0 unspecified atom stereocenters. The van der Waals surface area contributed by atoms with Crippen molar-refractivity contribution < 1.29 is 4.79 Å². The van der Waals surface area contributed by atoms with E-state index in [9.17, 15) is 4.79 Å². The van der Waals surface area contributed by atoms with Crippen LogP contribution in [0.2, 0.25) is 0 Å². The standard InChI is InChI=1S/C9H16N4O/c1-7(2)9(14)11-3-4-13-6-8(10)5-12-13/h5-7H,3-4,10H2,1-2H3,(H,11,14). The Balaban J connectivity index is 2.25. The SMILES string of the molecule is CC(C)C(=O)NCCn1cc(N)cn1. The summed E-state index contributed by atoms with van der Waals surface area (Å²) in [7, 11) is 0. The van der Waals surface area contributed by atoms with E-state index < -0.39 is 0 Å². The summed E-state index contributed by atoms with van der Waals surface area (Å²) in [5.74, 6) is 0.0859. The zero-order valence-corrected chi connectivity index (χ0v) is 8.53. The van der Waals surface area contributed by atoms with E-state index in [1.165, 1.54) is 0 Å². The molecule has 1 heterocycles. The zero-order chi connectivity index (χ0) is 10.6. The number of hydrogen-bond donors (Lipinski definition) is 2. The number of nitrogens with one attached hydrogen (secondary N) is 1. The van der Waals surface area contributed by atoms with Gasteiger partial charge < -0.3 is 11.1 Å². The molecule has 5 heteroatoms. The van der Waals surface area contributed by atoms with Crippen molar-refractivity contribution in [3.8, 4) is 0 Å². The fourth-order valence-electron chi connectivity index (χ4n) is 1.000. The van der Waals surface area contributed by atoms with Crippen molar-refractivity contribution in [1.29, 1.82) is 0 Å². The lowest BCUT2D eigenvalue weighted by molar-refractivity contribution is -0.124. The smallest absolute Gasteiger partial charge is 0.222 e. The minimum Gasteiger partial charge on any atom is -0.396 e. The van der Waals surface area contributed by atoms with Crippen LogP contribution in [-0.2, 0) is 11.3 Å². The highest BCUT2D eigenvalue weighted by Crippen LogP contribution is 1.96. The van der Waals surface area contributed by atoms with Gasteiger partial charge in [0.1, 0.15) is 0 Å². The number of hydrogen-bond acceptors (Lipinski definition) is 3. The highest BCUT2D eigenvalue weighted by atomic mass is 16.1. The maximum absolute atomic E-state index is 11.2. The van der Waals surface area contributed by atoms with Gasteiger partial charge in [0.2, 0.25) is 5.91 Å². The fraction of sp³-hybridized carbons (Fsp3) is 0.556. The minimum absolute atomic E-state index is 0.0256. The van der Waals surface area contributed by atoms with Gasteiger partial charge in [-0.25, -0.2) is 0 Å². The Morgan fingerprint density at radius 1 is 1.71 bits per heavy atom. The number of amides is 1. The molecule has 0 spiro atoms. The van der Waals surface area contributed by atoms with E-state index in [2.05, 4.69) is 10.4 Å². The summed E-state index contributed by atoms with van der Waals surface area (Å²) in [5.41, 5.74) is 6.13. The molecule has 0 atom stereocenters. The third-order valence-corrected chi connectivity index (χ3v) is 1.82. The van der Waals surface area contributed by atoms with E-state index >= 15 is 0 Å². The van der Waals surface area contributed by atoms with Crippen molar-refractivity contribution in [2.75, 3.05) is 12.3 Å². The topological polar surface area (TPSA) is 72.9 Å². The molecular formula is C9H16N4O. The number of aromatic nitrogens is 2. The second-order valence-corrected chi connectivity index (χ2v) is 3.48. The third kappa shape index (κ3) is 3.08. The third-order valence-electron chi connectivity index (χ3n) is 1.82. The number of nitrogens with zero attached hydrogens (tertiary/aromatic N) is 2. The van der Waals surface area contributed by atoms with E-state index in [1.54, 1.807) is 17.1 Å². The summed E-state index contributed by atoms with van der Waals surface area (Å²) in [4.78, 5) is 11.2. The first-order valence-corrected chi connectivity index (χ1v) is 4.65. The normalized spacial score (nSPS) is 10.5. The lowest BCUT2D eigenvalue weighted by Gasteiger charge is -2.07. The maximum atomic E-state index is 11.2. The summed E-state index contributed by atoms with van der Waals surface area (Å²) >= 11 is 0. The van der Waals surface area contributed by atoms with Crippen LogP contribution in [0.1, 0.15) is 13.8 Å². The monoisotopic (exact) mass is 196 g/mol. The molecule has 14 heavy (non-hydrogen) atoms. The Morgan fingerprint density at radius 3 is 2.93 bits per heavy atom. The molecule has 0 radical (unpaired) electrons. The summed E-state index contributed by atoms with van der Waals surface area (Å²) in [6.45, 7) is 4.95. The molecule has 3 N–H and O–H groups in total. The van der Waals surface area contributed by atoms with Gasteiger partial charge in [0.15, 0.2) is 0 Å². The van der Waals surface area contributed by atoms with Gasteiger partial charge in [-0.15, -0.1) is 0 Å². The quantitative estimate of drug-likeness (QED) is 0.724. The Bertz CT molecular complexity index is 306. The summed E-state index contributed by atoms with van der Waals surface area (Å²) in [6, 6.07) is 0. The summed E-state index contributed by atoms with van der Waals surface area (Å²) in [5, 5.41) is 6.80. The van der Waals surface area contributed by atoms with Crippen molar-refractivity contribution in [3.05, 3.63) is 12.4 Å². The van der Waals surface area contributed by atoms with Gasteiger partial charge in [-0.2, -0.15) is 5.10 Å². The number of rotatable bonds is 4. The van der Waals surface area contributed by atoms with Crippen molar-refractivity contribution in [3.63, 3.8) is 0 Å². The molecule has 1 amide bonds. The Morgan fingerprint density at radius 2 is 2.43 bits per heavy atom. The molecule has 5 nitrogen and oxygen atoms in total. The van der Waals surface area contributed by atoms with Gasteiger partial charge in [0.25, 0.3) is 0 Å². The molecule has 0 saturated heterocycles. The number of carbonyl (C=O) groups excluding carboxylic acids is 1. The van der Waals surface area contributed by atoms with Crippen molar-refractivity contribution in [2.24, 2.45) is 5.92 Å². The summed E-state index contributed by atoms with van der Waals surface area (Å²) in [6.07, 6.45) is 3.33. The van der Waals surface area contributed by atoms with Gasteiger partial charge in [-0.05, 0) is 0 Å². The molecule has 78 valence electrons.